The van der Waals surface area contributed by atoms with Crippen LogP contribution in [0.4, 0.5) is 11.4 Å². The molecule has 7 heteroatoms. The van der Waals surface area contributed by atoms with Crippen molar-refractivity contribution >= 4 is 17.3 Å². The average molecular weight is 348 g/mol. The van der Waals surface area contributed by atoms with Gasteiger partial charge in [0.25, 0.3) is 5.69 Å². The molecule has 7 nitrogen and oxygen atoms in total. The van der Waals surface area contributed by atoms with Gasteiger partial charge in [0, 0.05) is 24.2 Å². The lowest BCUT2D eigenvalue weighted by Gasteiger charge is -2.34. The summed E-state index contributed by atoms with van der Waals surface area (Å²) in [5.74, 6) is -0.115. The normalized spacial score (nSPS) is 16.1. The van der Waals surface area contributed by atoms with E-state index in [2.05, 4.69) is 24.1 Å². The zero-order valence-corrected chi connectivity index (χ0v) is 15.0. The van der Waals surface area contributed by atoms with Gasteiger partial charge in [0.05, 0.1) is 4.92 Å². The van der Waals surface area contributed by atoms with Gasteiger partial charge in [-0.3, -0.25) is 19.8 Å². The fourth-order valence-electron chi connectivity index (χ4n) is 3.70. The number of nitro groups is 1. The predicted molar refractivity (Wildman–Crippen MR) is 98.8 cm³/mol. The van der Waals surface area contributed by atoms with Gasteiger partial charge in [0.15, 0.2) is 0 Å². The van der Waals surface area contributed by atoms with Gasteiger partial charge >= 0.3 is 0 Å². The van der Waals surface area contributed by atoms with Crippen LogP contribution in [0.15, 0.2) is 18.2 Å². The standard InChI is InChI=1S/C18H28N4O3/c1-3-13(4-2)17(21-9-5-6-10-21)12-20-15-8-7-14(18(19)23)11-16(15)22(24)25/h7-8,11,13,17,20H,3-6,9-10,12H2,1-2H3,(H2,19,23)/t17-/m0/s1. The summed E-state index contributed by atoms with van der Waals surface area (Å²) in [5, 5.41) is 14.6. The quantitative estimate of drug-likeness (QED) is 0.527. The van der Waals surface area contributed by atoms with Crippen LogP contribution in [0.5, 0.6) is 0 Å². The second kappa shape index (κ2) is 8.80. The van der Waals surface area contributed by atoms with Crippen LogP contribution in [0.3, 0.4) is 0 Å². The fraction of sp³-hybridized carbons (Fsp3) is 0.611. The Labute approximate surface area is 148 Å². The van der Waals surface area contributed by atoms with Crippen molar-refractivity contribution in [3.63, 3.8) is 0 Å². The molecule has 0 unspecified atom stereocenters. The minimum Gasteiger partial charge on any atom is -0.378 e. The number of nitrogens with two attached hydrogens (primary N) is 1. The lowest BCUT2D eigenvalue weighted by Crippen LogP contribution is -2.43. The van der Waals surface area contributed by atoms with Gasteiger partial charge in [0.2, 0.25) is 5.91 Å². The molecule has 1 heterocycles. The van der Waals surface area contributed by atoms with E-state index in [4.69, 9.17) is 5.73 Å². The first-order chi connectivity index (χ1) is 12.0. The van der Waals surface area contributed by atoms with E-state index >= 15 is 0 Å². The van der Waals surface area contributed by atoms with Crippen LogP contribution >= 0.6 is 0 Å². The minimum absolute atomic E-state index is 0.110. The van der Waals surface area contributed by atoms with Crippen LogP contribution < -0.4 is 11.1 Å². The molecule has 1 aliphatic heterocycles. The van der Waals surface area contributed by atoms with Crippen LogP contribution in [0.25, 0.3) is 0 Å². The number of hydrogen-bond donors (Lipinski definition) is 2. The molecule has 0 saturated carbocycles. The average Bonchev–Trinajstić information content (AvgIpc) is 3.12. The molecule has 2 rings (SSSR count). The molecule has 25 heavy (non-hydrogen) atoms. The van der Waals surface area contributed by atoms with Crippen LogP contribution in [0.2, 0.25) is 0 Å². The number of benzene rings is 1. The molecule has 0 spiro atoms. The first-order valence-electron chi connectivity index (χ1n) is 9.04. The number of likely N-dealkylation sites (tertiary alicyclic amines) is 1. The lowest BCUT2D eigenvalue weighted by atomic mass is 9.92. The summed E-state index contributed by atoms with van der Waals surface area (Å²) in [6.45, 7) is 7.23. The Balaban J connectivity index is 2.18. The molecule has 1 amide bonds. The van der Waals surface area contributed by atoms with Gasteiger partial charge < -0.3 is 11.1 Å². The number of carbonyl (C=O) groups excluding carboxylic acids is 1. The highest BCUT2D eigenvalue weighted by atomic mass is 16.6. The summed E-state index contributed by atoms with van der Waals surface area (Å²) in [6, 6.07) is 4.70. The van der Waals surface area contributed by atoms with Gasteiger partial charge in [-0.15, -0.1) is 0 Å². The smallest absolute Gasteiger partial charge is 0.293 e. The van der Waals surface area contributed by atoms with E-state index in [9.17, 15) is 14.9 Å². The second-order valence-electron chi connectivity index (χ2n) is 6.62. The monoisotopic (exact) mass is 348 g/mol. The van der Waals surface area contributed by atoms with Crippen molar-refractivity contribution in [3.05, 3.63) is 33.9 Å². The molecule has 0 radical (unpaired) electrons. The summed E-state index contributed by atoms with van der Waals surface area (Å²) in [5.41, 5.74) is 5.70. The fourth-order valence-corrected chi connectivity index (χ4v) is 3.70. The van der Waals surface area contributed by atoms with E-state index in [0.717, 1.165) is 25.9 Å². The van der Waals surface area contributed by atoms with E-state index in [1.54, 1.807) is 6.07 Å². The van der Waals surface area contributed by atoms with E-state index < -0.39 is 10.8 Å². The second-order valence-corrected chi connectivity index (χ2v) is 6.62. The van der Waals surface area contributed by atoms with Crippen LogP contribution in [-0.2, 0) is 0 Å². The van der Waals surface area contributed by atoms with E-state index in [1.807, 2.05) is 0 Å². The zero-order valence-electron chi connectivity index (χ0n) is 15.0. The van der Waals surface area contributed by atoms with Crippen LogP contribution in [-0.4, -0.2) is 41.4 Å². The number of carbonyl (C=O) groups is 1. The highest BCUT2D eigenvalue weighted by Gasteiger charge is 2.28. The Morgan fingerprint density at radius 1 is 1.32 bits per heavy atom. The van der Waals surface area contributed by atoms with Crippen molar-refractivity contribution < 1.29 is 9.72 Å². The maximum Gasteiger partial charge on any atom is 0.293 e. The SMILES string of the molecule is CCC(CC)[C@H](CNc1ccc(C(N)=O)cc1[N+](=O)[O-])N1CCCC1. The first kappa shape index (κ1) is 19.2. The number of anilines is 1. The minimum atomic E-state index is -0.665. The molecule has 1 aromatic rings. The van der Waals surface area contributed by atoms with Gasteiger partial charge in [-0.25, -0.2) is 0 Å². The van der Waals surface area contributed by atoms with Crippen molar-refractivity contribution in [1.29, 1.82) is 0 Å². The van der Waals surface area contributed by atoms with Gasteiger partial charge in [-0.05, 0) is 44.0 Å². The van der Waals surface area contributed by atoms with Crippen molar-refractivity contribution in [2.75, 3.05) is 25.0 Å². The summed E-state index contributed by atoms with van der Waals surface area (Å²) in [7, 11) is 0. The van der Waals surface area contributed by atoms with Crippen LogP contribution in [0.1, 0.15) is 49.9 Å². The lowest BCUT2D eigenvalue weighted by molar-refractivity contribution is -0.384. The Bertz CT molecular complexity index is 608. The summed E-state index contributed by atoms with van der Waals surface area (Å²) in [6.07, 6.45) is 4.60. The molecule has 1 aliphatic rings. The maximum absolute atomic E-state index is 11.3. The molecular formula is C18H28N4O3. The Kier molecular flexibility index (Phi) is 6.75. The molecule has 1 saturated heterocycles. The van der Waals surface area contributed by atoms with Crippen LogP contribution in [0, 0.1) is 16.0 Å². The Morgan fingerprint density at radius 3 is 2.48 bits per heavy atom. The molecule has 3 N–H and O–H groups in total. The van der Waals surface area contributed by atoms with Crippen molar-refractivity contribution in [2.24, 2.45) is 11.7 Å². The molecule has 1 atom stereocenters. The number of nitrogens with zero attached hydrogens (tertiary/aromatic N) is 2. The van der Waals surface area contributed by atoms with E-state index in [-0.39, 0.29) is 11.3 Å². The number of rotatable bonds is 9. The maximum atomic E-state index is 11.3. The molecule has 0 bridgehead atoms. The van der Waals surface area contributed by atoms with E-state index in [0.29, 0.717) is 24.2 Å². The largest absolute Gasteiger partial charge is 0.378 e. The molecule has 1 aromatic carbocycles. The Hall–Kier alpha value is -2.15. The molecular weight excluding hydrogens is 320 g/mol. The highest BCUT2D eigenvalue weighted by Crippen LogP contribution is 2.28. The highest BCUT2D eigenvalue weighted by molar-refractivity contribution is 5.94. The Morgan fingerprint density at radius 2 is 1.96 bits per heavy atom. The predicted octanol–water partition coefficient (Wildman–Crippen LogP) is 3.01. The molecule has 138 valence electrons. The number of amides is 1. The van der Waals surface area contributed by atoms with Gasteiger partial charge in [0.1, 0.15) is 5.69 Å². The zero-order chi connectivity index (χ0) is 18.4. The third-order valence-electron chi connectivity index (χ3n) is 5.18. The number of nitrogens with one attached hydrogen (secondary N) is 1. The first-order valence-corrected chi connectivity index (χ1v) is 9.04. The van der Waals surface area contributed by atoms with Crippen molar-refractivity contribution in [3.8, 4) is 0 Å². The molecule has 1 fully saturated rings. The third-order valence-corrected chi connectivity index (χ3v) is 5.18. The molecule has 0 aromatic heterocycles. The third kappa shape index (κ3) is 4.69. The van der Waals surface area contributed by atoms with Crippen molar-refractivity contribution in [1.82, 2.24) is 4.90 Å². The molecule has 0 aliphatic carbocycles. The summed E-state index contributed by atoms with van der Waals surface area (Å²) < 4.78 is 0. The number of primary amides is 1. The summed E-state index contributed by atoms with van der Waals surface area (Å²) in [4.78, 5) is 24.6. The summed E-state index contributed by atoms with van der Waals surface area (Å²) >= 11 is 0. The van der Waals surface area contributed by atoms with Gasteiger partial charge in [-0.1, -0.05) is 26.7 Å². The van der Waals surface area contributed by atoms with E-state index in [1.165, 1.54) is 25.0 Å². The van der Waals surface area contributed by atoms with Gasteiger partial charge in [-0.2, -0.15) is 0 Å². The number of hydrogen-bond acceptors (Lipinski definition) is 5. The van der Waals surface area contributed by atoms with Crippen molar-refractivity contribution in [2.45, 2.75) is 45.6 Å². The topological polar surface area (TPSA) is 101 Å². The number of nitro benzene ring substituents is 1.